The summed E-state index contributed by atoms with van der Waals surface area (Å²) in [6.07, 6.45) is 3.27. The lowest BCUT2D eigenvalue weighted by Crippen LogP contribution is -2.20. The first-order valence-corrected chi connectivity index (χ1v) is 8.50. The molecule has 1 fully saturated rings. The molecule has 3 rings (SSSR count). The van der Waals surface area contributed by atoms with Crippen molar-refractivity contribution < 1.29 is 13.9 Å². The number of rotatable bonds is 8. The molecule has 0 atom stereocenters. The lowest BCUT2D eigenvalue weighted by Gasteiger charge is -2.17. The number of methoxy groups -OCH3 is 1. The van der Waals surface area contributed by atoms with Gasteiger partial charge in [-0.3, -0.25) is 4.90 Å². The SMILES string of the molecule is COCCCOc1cc(CN(C)C2CC2)nc2c(F)cc(C)cc12. The molecule has 1 aromatic carbocycles. The summed E-state index contributed by atoms with van der Waals surface area (Å²) in [6.45, 7) is 3.78. The van der Waals surface area contributed by atoms with Gasteiger partial charge in [0.2, 0.25) is 0 Å². The molecule has 1 saturated carbocycles. The Balaban J connectivity index is 1.91. The van der Waals surface area contributed by atoms with E-state index in [9.17, 15) is 4.39 Å². The van der Waals surface area contributed by atoms with Gasteiger partial charge in [-0.15, -0.1) is 0 Å². The van der Waals surface area contributed by atoms with Crippen LogP contribution in [-0.4, -0.2) is 43.3 Å². The molecule has 1 aromatic heterocycles. The van der Waals surface area contributed by atoms with Crippen LogP contribution in [0.4, 0.5) is 4.39 Å². The van der Waals surface area contributed by atoms with Crippen molar-refractivity contribution in [2.45, 2.75) is 38.8 Å². The van der Waals surface area contributed by atoms with Crippen LogP contribution in [0.2, 0.25) is 0 Å². The number of aryl methyl sites for hydroxylation is 1. The fourth-order valence-electron chi connectivity index (χ4n) is 2.93. The number of benzene rings is 1. The molecule has 24 heavy (non-hydrogen) atoms. The van der Waals surface area contributed by atoms with Crippen molar-refractivity contribution in [1.82, 2.24) is 9.88 Å². The molecule has 1 aliphatic rings. The molecule has 130 valence electrons. The minimum Gasteiger partial charge on any atom is -0.493 e. The third kappa shape index (κ3) is 4.02. The van der Waals surface area contributed by atoms with E-state index in [1.807, 2.05) is 19.1 Å². The molecule has 0 radical (unpaired) electrons. The summed E-state index contributed by atoms with van der Waals surface area (Å²) in [5, 5.41) is 0.739. The van der Waals surface area contributed by atoms with Crippen LogP contribution in [0, 0.1) is 12.7 Å². The van der Waals surface area contributed by atoms with E-state index in [4.69, 9.17) is 9.47 Å². The Morgan fingerprint density at radius 3 is 2.75 bits per heavy atom. The summed E-state index contributed by atoms with van der Waals surface area (Å²) < 4.78 is 25.4. The van der Waals surface area contributed by atoms with Crippen LogP contribution in [-0.2, 0) is 11.3 Å². The van der Waals surface area contributed by atoms with Gasteiger partial charge in [0.25, 0.3) is 0 Å². The fourth-order valence-corrected chi connectivity index (χ4v) is 2.93. The standard InChI is InChI=1S/C19H25FN2O2/c1-13-9-16-18(24-8-4-7-23-3)11-14(12-22(2)15-5-6-15)21-19(16)17(20)10-13/h9-11,15H,4-8,12H2,1-3H3. The second-order valence-corrected chi connectivity index (χ2v) is 6.60. The summed E-state index contributed by atoms with van der Waals surface area (Å²) in [5.41, 5.74) is 2.11. The molecule has 0 amide bonds. The maximum absolute atomic E-state index is 14.4. The largest absolute Gasteiger partial charge is 0.493 e. The number of ether oxygens (including phenoxy) is 2. The minimum absolute atomic E-state index is 0.289. The van der Waals surface area contributed by atoms with E-state index in [2.05, 4.69) is 16.9 Å². The van der Waals surface area contributed by atoms with Crippen LogP contribution in [0.3, 0.4) is 0 Å². The number of pyridine rings is 1. The highest BCUT2D eigenvalue weighted by Gasteiger charge is 2.26. The average molecular weight is 332 g/mol. The van der Waals surface area contributed by atoms with E-state index in [-0.39, 0.29) is 5.82 Å². The fraction of sp³-hybridized carbons (Fsp3) is 0.526. The quantitative estimate of drug-likeness (QED) is 0.691. The van der Waals surface area contributed by atoms with Crippen molar-refractivity contribution in [2.24, 2.45) is 0 Å². The highest BCUT2D eigenvalue weighted by molar-refractivity contribution is 5.86. The Kier molecular flexibility index (Phi) is 5.31. The van der Waals surface area contributed by atoms with Crippen molar-refractivity contribution in [3.63, 3.8) is 0 Å². The zero-order valence-electron chi connectivity index (χ0n) is 14.6. The Bertz CT molecular complexity index is 716. The Labute approximate surface area is 142 Å². The predicted octanol–water partition coefficient (Wildman–Crippen LogP) is 3.69. The topological polar surface area (TPSA) is 34.6 Å². The molecule has 0 saturated heterocycles. The Morgan fingerprint density at radius 2 is 2.04 bits per heavy atom. The maximum atomic E-state index is 14.4. The van der Waals surface area contributed by atoms with Gasteiger partial charge in [0.05, 0.1) is 12.3 Å². The third-order valence-electron chi connectivity index (χ3n) is 4.36. The van der Waals surface area contributed by atoms with E-state index in [1.54, 1.807) is 7.11 Å². The highest BCUT2D eigenvalue weighted by atomic mass is 19.1. The first-order chi connectivity index (χ1) is 11.6. The lowest BCUT2D eigenvalue weighted by molar-refractivity contribution is 0.172. The van der Waals surface area contributed by atoms with E-state index in [1.165, 1.54) is 18.9 Å². The van der Waals surface area contributed by atoms with Gasteiger partial charge in [-0.1, -0.05) is 0 Å². The van der Waals surface area contributed by atoms with Crippen molar-refractivity contribution in [3.8, 4) is 5.75 Å². The van der Waals surface area contributed by atoms with E-state index < -0.39 is 0 Å². The number of hydrogen-bond acceptors (Lipinski definition) is 4. The molecule has 1 aliphatic carbocycles. The smallest absolute Gasteiger partial charge is 0.149 e. The Hall–Kier alpha value is -1.72. The van der Waals surface area contributed by atoms with Gasteiger partial charge in [-0.2, -0.15) is 0 Å². The molecule has 0 spiro atoms. The van der Waals surface area contributed by atoms with Crippen molar-refractivity contribution in [1.29, 1.82) is 0 Å². The summed E-state index contributed by atoms with van der Waals surface area (Å²) in [6, 6.07) is 6.05. The zero-order chi connectivity index (χ0) is 17.1. The summed E-state index contributed by atoms with van der Waals surface area (Å²) >= 11 is 0. The predicted molar refractivity (Wildman–Crippen MR) is 92.9 cm³/mol. The first kappa shape index (κ1) is 17.1. The highest BCUT2D eigenvalue weighted by Crippen LogP contribution is 2.31. The number of fused-ring (bicyclic) bond motifs is 1. The maximum Gasteiger partial charge on any atom is 0.149 e. The molecule has 0 N–H and O–H groups in total. The monoisotopic (exact) mass is 332 g/mol. The van der Waals surface area contributed by atoms with Crippen LogP contribution >= 0.6 is 0 Å². The first-order valence-electron chi connectivity index (χ1n) is 8.50. The molecular weight excluding hydrogens is 307 g/mol. The molecular formula is C19H25FN2O2. The van der Waals surface area contributed by atoms with Gasteiger partial charge >= 0.3 is 0 Å². The molecule has 0 aliphatic heterocycles. The molecule has 0 bridgehead atoms. The van der Waals surface area contributed by atoms with Crippen LogP contribution < -0.4 is 4.74 Å². The van der Waals surface area contributed by atoms with E-state index in [0.29, 0.717) is 37.1 Å². The molecule has 1 heterocycles. The summed E-state index contributed by atoms with van der Waals surface area (Å²) in [5.74, 6) is 0.417. The number of hydrogen-bond donors (Lipinski definition) is 0. The average Bonchev–Trinajstić information content (AvgIpc) is 3.37. The van der Waals surface area contributed by atoms with Crippen LogP contribution in [0.1, 0.15) is 30.5 Å². The van der Waals surface area contributed by atoms with Crippen LogP contribution in [0.5, 0.6) is 5.75 Å². The summed E-state index contributed by atoms with van der Waals surface area (Å²) in [7, 11) is 3.76. The normalized spacial score (nSPS) is 14.5. The lowest BCUT2D eigenvalue weighted by atomic mass is 10.1. The molecule has 5 heteroatoms. The molecule has 2 aromatic rings. The van der Waals surface area contributed by atoms with Gasteiger partial charge in [-0.05, 0) is 44.5 Å². The van der Waals surface area contributed by atoms with Gasteiger partial charge in [0.15, 0.2) is 0 Å². The molecule has 4 nitrogen and oxygen atoms in total. The third-order valence-corrected chi connectivity index (χ3v) is 4.36. The zero-order valence-corrected chi connectivity index (χ0v) is 14.6. The Morgan fingerprint density at radius 1 is 1.25 bits per heavy atom. The van der Waals surface area contributed by atoms with Gasteiger partial charge < -0.3 is 9.47 Å². The van der Waals surface area contributed by atoms with E-state index in [0.717, 1.165) is 23.1 Å². The van der Waals surface area contributed by atoms with Gasteiger partial charge in [0.1, 0.15) is 17.1 Å². The minimum atomic E-state index is -0.289. The van der Waals surface area contributed by atoms with Crippen molar-refractivity contribution in [3.05, 3.63) is 35.3 Å². The second kappa shape index (κ2) is 7.45. The van der Waals surface area contributed by atoms with Crippen molar-refractivity contribution >= 4 is 10.9 Å². The van der Waals surface area contributed by atoms with Crippen molar-refractivity contribution in [2.75, 3.05) is 27.4 Å². The van der Waals surface area contributed by atoms with Crippen LogP contribution in [0.15, 0.2) is 18.2 Å². The summed E-state index contributed by atoms with van der Waals surface area (Å²) in [4.78, 5) is 6.82. The van der Waals surface area contributed by atoms with Gasteiger partial charge in [-0.25, -0.2) is 9.37 Å². The second-order valence-electron chi connectivity index (χ2n) is 6.60. The van der Waals surface area contributed by atoms with E-state index >= 15 is 0 Å². The number of aromatic nitrogens is 1. The van der Waals surface area contributed by atoms with Crippen LogP contribution in [0.25, 0.3) is 10.9 Å². The number of halogens is 1. The number of nitrogens with zero attached hydrogens (tertiary/aromatic N) is 2. The van der Waals surface area contributed by atoms with Gasteiger partial charge in [0, 0.05) is 44.2 Å². The molecule has 0 unspecified atom stereocenters.